The lowest BCUT2D eigenvalue weighted by molar-refractivity contribution is -0.167. The van der Waals surface area contributed by atoms with Gasteiger partial charge in [-0.2, -0.15) is 0 Å². The van der Waals surface area contributed by atoms with Crippen molar-refractivity contribution in [1.82, 2.24) is 0 Å². The van der Waals surface area contributed by atoms with Crippen LogP contribution in [0.15, 0.2) is 0 Å². The predicted molar refractivity (Wildman–Crippen MR) is 238 cm³/mol. The van der Waals surface area contributed by atoms with E-state index in [9.17, 15) is 14.4 Å². The molecule has 0 aromatic rings. The van der Waals surface area contributed by atoms with Crippen molar-refractivity contribution >= 4 is 17.9 Å². The van der Waals surface area contributed by atoms with Crippen LogP contribution in [-0.2, 0) is 28.6 Å². The van der Waals surface area contributed by atoms with Crippen molar-refractivity contribution in [2.45, 2.75) is 272 Å². The highest BCUT2D eigenvalue weighted by molar-refractivity contribution is 5.71. The van der Waals surface area contributed by atoms with Crippen molar-refractivity contribution < 1.29 is 28.6 Å². The van der Waals surface area contributed by atoms with Crippen LogP contribution < -0.4 is 0 Å². The second-order valence-electron chi connectivity index (χ2n) is 18.3. The van der Waals surface area contributed by atoms with E-state index < -0.39 is 6.10 Å². The van der Waals surface area contributed by atoms with E-state index >= 15 is 0 Å². The third-order valence-electron chi connectivity index (χ3n) is 11.5. The molecule has 0 N–H and O–H groups in total. The number of carbonyl (C=O) groups excluding carboxylic acids is 3. The summed E-state index contributed by atoms with van der Waals surface area (Å²) in [6.45, 7) is 13.7. The maximum absolute atomic E-state index is 12.8. The van der Waals surface area contributed by atoms with E-state index in [4.69, 9.17) is 14.2 Å². The number of hydrogen-bond donors (Lipinski definition) is 0. The van der Waals surface area contributed by atoms with Crippen molar-refractivity contribution in [3.63, 3.8) is 0 Å². The smallest absolute Gasteiger partial charge is 0.306 e. The van der Waals surface area contributed by atoms with E-state index in [0.29, 0.717) is 19.3 Å². The molecule has 0 bridgehead atoms. The van der Waals surface area contributed by atoms with E-state index in [-0.39, 0.29) is 31.1 Å². The van der Waals surface area contributed by atoms with E-state index in [0.717, 1.165) is 75.5 Å². The number of hydrogen-bond acceptors (Lipinski definition) is 6. The molecule has 0 rings (SSSR count). The van der Waals surface area contributed by atoms with Crippen LogP contribution in [0.2, 0.25) is 0 Å². The molecule has 332 valence electrons. The number of ether oxygens (including phenoxy) is 3. The van der Waals surface area contributed by atoms with Crippen LogP contribution in [0.1, 0.15) is 266 Å². The van der Waals surface area contributed by atoms with Gasteiger partial charge < -0.3 is 14.2 Å². The Morgan fingerprint density at radius 2 is 0.625 bits per heavy atom. The molecular weight excluding hydrogens is 697 g/mol. The van der Waals surface area contributed by atoms with Crippen LogP contribution >= 0.6 is 0 Å². The second-order valence-corrected chi connectivity index (χ2v) is 18.3. The van der Waals surface area contributed by atoms with Gasteiger partial charge >= 0.3 is 17.9 Å². The molecule has 0 heterocycles. The van der Waals surface area contributed by atoms with Crippen LogP contribution in [0.25, 0.3) is 0 Å². The van der Waals surface area contributed by atoms with Gasteiger partial charge in [0.25, 0.3) is 0 Å². The van der Waals surface area contributed by atoms with E-state index in [2.05, 4.69) is 41.5 Å². The van der Waals surface area contributed by atoms with Gasteiger partial charge in [-0.15, -0.1) is 0 Å². The van der Waals surface area contributed by atoms with Gasteiger partial charge in [0, 0.05) is 19.3 Å². The molecule has 0 saturated carbocycles. The SMILES string of the molecule is CCC(C)CCCCCCCCCCCCC(=O)O[C@@H](COC(=O)CCCCCCCCCCCCC(C)C)COC(=O)CCCCCCCCCCC(C)C. The van der Waals surface area contributed by atoms with E-state index in [1.165, 1.54) is 148 Å². The number of esters is 3. The zero-order chi connectivity index (χ0) is 41.3. The fourth-order valence-electron chi connectivity index (χ4n) is 7.38. The molecule has 0 aliphatic rings. The Morgan fingerprint density at radius 3 is 0.929 bits per heavy atom. The molecule has 6 heteroatoms. The summed E-state index contributed by atoms with van der Waals surface area (Å²) in [5.41, 5.74) is 0. The fraction of sp³-hybridized carbons (Fsp3) is 0.940. The zero-order valence-electron chi connectivity index (χ0n) is 38.4. The summed E-state index contributed by atoms with van der Waals surface area (Å²) >= 11 is 0. The molecule has 2 atom stereocenters. The number of carbonyl (C=O) groups is 3. The summed E-state index contributed by atoms with van der Waals surface area (Å²) in [6, 6.07) is 0. The molecule has 0 aliphatic heterocycles. The van der Waals surface area contributed by atoms with Crippen molar-refractivity contribution in [2.75, 3.05) is 13.2 Å². The maximum Gasteiger partial charge on any atom is 0.306 e. The van der Waals surface area contributed by atoms with E-state index in [1.54, 1.807) is 0 Å². The third kappa shape index (κ3) is 42.0. The first-order valence-electron chi connectivity index (χ1n) is 24.6. The lowest BCUT2D eigenvalue weighted by atomic mass is 9.99. The van der Waals surface area contributed by atoms with Gasteiger partial charge in [-0.3, -0.25) is 14.4 Å². The van der Waals surface area contributed by atoms with Gasteiger partial charge in [-0.25, -0.2) is 0 Å². The average Bonchev–Trinajstić information content (AvgIpc) is 3.16. The molecule has 0 radical (unpaired) electrons. The van der Waals surface area contributed by atoms with Gasteiger partial charge in [-0.05, 0) is 37.0 Å². The average molecular weight is 793 g/mol. The Bertz CT molecular complexity index is 870. The first kappa shape index (κ1) is 54.4. The first-order chi connectivity index (χ1) is 27.1. The fourth-order valence-corrected chi connectivity index (χ4v) is 7.38. The summed E-state index contributed by atoms with van der Waals surface area (Å²) in [7, 11) is 0. The highest BCUT2D eigenvalue weighted by Gasteiger charge is 2.19. The van der Waals surface area contributed by atoms with Crippen molar-refractivity contribution in [3.8, 4) is 0 Å². The van der Waals surface area contributed by atoms with Gasteiger partial charge in [0.2, 0.25) is 0 Å². The van der Waals surface area contributed by atoms with E-state index in [1.807, 2.05) is 0 Å². The molecule has 6 nitrogen and oxygen atoms in total. The van der Waals surface area contributed by atoms with Gasteiger partial charge in [-0.1, -0.05) is 228 Å². The quantitative estimate of drug-likeness (QED) is 0.0348. The van der Waals surface area contributed by atoms with Crippen molar-refractivity contribution in [2.24, 2.45) is 17.8 Å². The molecule has 0 aromatic heterocycles. The molecule has 0 aliphatic carbocycles. The Labute approximate surface area is 348 Å². The van der Waals surface area contributed by atoms with Crippen molar-refractivity contribution in [1.29, 1.82) is 0 Å². The third-order valence-corrected chi connectivity index (χ3v) is 11.5. The van der Waals surface area contributed by atoms with Gasteiger partial charge in [0.15, 0.2) is 6.10 Å². The lowest BCUT2D eigenvalue weighted by Gasteiger charge is -2.18. The largest absolute Gasteiger partial charge is 0.462 e. The minimum absolute atomic E-state index is 0.0657. The van der Waals surface area contributed by atoms with Crippen LogP contribution in [0.4, 0.5) is 0 Å². The molecule has 56 heavy (non-hydrogen) atoms. The summed E-state index contributed by atoms with van der Waals surface area (Å²) in [6.07, 6.45) is 39.4. The summed E-state index contributed by atoms with van der Waals surface area (Å²) in [5, 5.41) is 0. The molecule has 0 aromatic carbocycles. The Morgan fingerprint density at radius 1 is 0.357 bits per heavy atom. The minimum Gasteiger partial charge on any atom is -0.462 e. The van der Waals surface area contributed by atoms with Crippen LogP contribution in [0.3, 0.4) is 0 Å². The number of unbranched alkanes of at least 4 members (excludes halogenated alkanes) is 25. The molecule has 0 amide bonds. The molecule has 0 saturated heterocycles. The highest BCUT2D eigenvalue weighted by atomic mass is 16.6. The first-order valence-corrected chi connectivity index (χ1v) is 24.6. The monoisotopic (exact) mass is 793 g/mol. The van der Waals surface area contributed by atoms with Crippen molar-refractivity contribution in [3.05, 3.63) is 0 Å². The Balaban J connectivity index is 4.34. The number of rotatable bonds is 43. The second kappa shape index (κ2) is 41.6. The summed E-state index contributed by atoms with van der Waals surface area (Å²) in [4.78, 5) is 37.8. The highest BCUT2D eigenvalue weighted by Crippen LogP contribution is 2.18. The minimum atomic E-state index is -0.762. The predicted octanol–water partition coefficient (Wildman–Crippen LogP) is 15.6. The normalized spacial score (nSPS) is 12.6. The zero-order valence-corrected chi connectivity index (χ0v) is 38.4. The van der Waals surface area contributed by atoms with Crippen LogP contribution in [0.5, 0.6) is 0 Å². The molecule has 1 unspecified atom stereocenters. The standard InChI is InChI=1S/C50H96O6/c1-7-46(6)38-32-26-20-13-9-11-15-23-29-35-41-50(53)56-47(43-55-49(52)40-34-28-22-17-16-19-25-31-37-45(4)5)42-54-48(51)39-33-27-21-14-10-8-12-18-24-30-36-44(2)3/h44-47H,7-43H2,1-6H3/t46?,47-/m0/s1. The maximum atomic E-state index is 12.8. The summed E-state index contributed by atoms with van der Waals surface area (Å²) in [5.74, 6) is 1.62. The van der Waals surface area contributed by atoms with Crippen LogP contribution in [0, 0.1) is 17.8 Å². The van der Waals surface area contributed by atoms with Gasteiger partial charge in [0.1, 0.15) is 13.2 Å². The topological polar surface area (TPSA) is 78.9 Å². The Kier molecular flexibility index (Phi) is 40.4. The molecule has 0 spiro atoms. The van der Waals surface area contributed by atoms with Crippen LogP contribution in [-0.4, -0.2) is 37.2 Å². The molecule has 0 fully saturated rings. The lowest BCUT2D eigenvalue weighted by Crippen LogP contribution is -2.30. The molecular formula is C50H96O6. The summed E-state index contributed by atoms with van der Waals surface area (Å²) < 4.78 is 16.8. The Hall–Kier alpha value is -1.59. The van der Waals surface area contributed by atoms with Gasteiger partial charge in [0.05, 0.1) is 0 Å².